The average Bonchev–Trinajstić information content (AvgIpc) is 3.36. The van der Waals surface area contributed by atoms with Gasteiger partial charge < -0.3 is 20.2 Å². The van der Waals surface area contributed by atoms with Gasteiger partial charge in [0.2, 0.25) is 11.8 Å². The molecule has 0 fully saturated rings. The van der Waals surface area contributed by atoms with Crippen LogP contribution in [-0.4, -0.2) is 37.2 Å². The number of fused-ring (bicyclic) bond motifs is 3. The van der Waals surface area contributed by atoms with Gasteiger partial charge in [-0.2, -0.15) is 0 Å². The molecule has 7 nitrogen and oxygen atoms in total. The second-order valence-electron chi connectivity index (χ2n) is 12.8. The Labute approximate surface area is 276 Å². The van der Waals surface area contributed by atoms with Gasteiger partial charge in [0.25, 0.3) is 0 Å². The van der Waals surface area contributed by atoms with E-state index in [0.29, 0.717) is 25.9 Å². The summed E-state index contributed by atoms with van der Waals surface area (Å²) in [6.07, 6.45) is 21.0. The topological polar surface area (TPSA) is 102 Å². The molecule has 2 N–H and O–H groups in total. The van der Waals surface area contributed by atoms with Gasteiger partial charge >= 0.3 is 5.97 Å². The van der Waals surface area contributed by atoms with Crippen LogP contribution in [0, 0.1) is 0 Å². The van der Waals surface area contributed by atoms with Gasteiger partial charge in [0.1, 0.15) is 12.9 Å². The van der Waals surface area contributed by atoms with Crippen molar-refractivity contribution in [1.82, 2.24) is 5.32 Å². The van der Waals surface area contributed by atoms with Crippen LogP contribution in [0.2, 0.25) is 0 Å². The lowest BCUT2D eigenvalue weighted by molar-refractivity contribution is -0.141. The van der Waals surface area contributed by atoms with Gasteiger partial charge in [-0.1, -0.05) is 107 Å². The highest BCUT2D eigenvalue weighted by molar-refractivity contribution is 5.92. The molecule has 2 aromatic carbocycles. The number of ether oxygens (including phenoxy) is 1. The first-order valence-electron chi connectivity index (χ1n) is 17.9. The zero-order valence-electron chi connectivity index (χ0n) is 28.1. The van der Waals surface area contributed by atoms with Crippen LogP contribution in [0.4, 0.5) is 5.69 Å². The van der Waals surface area contributed by atoms with E-state index in [1.807, 2.05) is 24.3 Å². The van der Waals surface area contributed by atoms with Gasteiger partial charge in [-0.05, 0) is 60.1 Å². The Morgan fingerprint density at radius 3 is 1.87 bits per heavy atom. The Morgan fingerprint density at radius 1 is 0.674 bits per heavy atom. The predicted molar refractivity (Wildman–Crippen MR) is 186 cm³/mol. The summed E-state index contributed by atoms with van der Waals surface area (Å²) in [6, 6.07) is 14.3. The first kappa shape index (κ1) is 37.0. The number of unbranched alkanes of at least 4 members (excludes halogenated alkanes) is 15. The third kappa shape index (κ3) is 13.9. The molecular weight excluding hydrogens is 576 g/mol. The van der Waals surface area contributed by atoms with Crippen molar-refractivity contribution in [2.24, 2.45) is 0 Å². The maximum Gasteiger partial charge on any atom is 0.302 e. The smallest absolute Gasteiger partial charge is 0.302 e. The lowest BCUT2D eigenvalue weighted by Gasteiger charge is -2.14. The molecule has 0 bridgehead atoms. The summed E-state index contributed by atoms with van der Waals surface area (Å²) in [5.74, 6) is -0.0994. The highest BCUT2D eigenvalue weighted by Crippen LogP contribution is 2.45. The summed E-state index contributed by atoms with van der Waals surface area (Å²) in [6.45, 7) is 2.46. The molecule has 1 aliphatic rings. The van der Waals surface area contributed by atoms with Crippen molar-refractivity contribution in [3.05, 3.63) is 53.6 Å². The van der Waals surface area contributed by atoms with Gasteiger partial charge in [0.15, 0.2) is 0 Å². The number of esters is 1. The Hall–Kier alpha value is -3.48. The Bertz CT molecular complexity index is 1230. The molecule has 0 spiro atoms. The lowest BCUT2D eigenvalue weighted by atomic mass is 9.97. The number of benzene rings is 2. The first-order chi connectivity index (χ1) is 22.5. The summed E-state index contributed by atoms with van der Waals surface area (Å²) in [4.78, 5) is 46.3. The highest BCUT2D eigenvalue weighted by atomic mass is 16.5. The van der Waals surface area contributed by atoms with E-state index >= 15 is 0 Å². The molecule has 7 heteroatoms. The SMILES string of the molecule is CC(=O)OCC1c2ccccc2-c2ccc(NC(=O)CCCCCCCCCCCCCCCC(=O)NCCCCCC=O)cc21. The van der Waals surface area contributed by atoms with Crippen LogP contribution in [0.3, 0.4) is 0 Å². The van der Waals surface area contributed by atoms with Crippen LogP contribution in [0.15, 0.2) is 42.5 Å². The number of nitrogens with one attached hydrogen (secondary N) is 2. The number of rotatable bonds is 25. The minimum Gasteiger partial charge on any atom is -0.465 e. The van der Waals surface area contributed by atoms with Crippen molar-refractivity contribution in [3.8, 4) is 11.1 Å². The van der Waals surface area contributed by atoms with E-state index in [0.717, 1.165) is 85.7 Å². The van der Waals surface area contributed by atoms with Crippen LogP contribution in [-0.2, 0) is 23.9 Å². The summed E-state index contributed by atoms with van der Waals surface area (Å²) >= 11 is 0. The van der Waals surface area contributed by atoms with Crippen LogP contribution < -0.4 is 10.6 Å². The van der Waals surface area contributed by atoms with E-state index in [-0.39, 0.29) is 23.7 Å². The fourth-order valence-corrected chi connectivity index (χ4v) is 6.35. The van der Waals surface area contributed by atoms with Crippen LogP contribution >= 0.6 is 0 Å². The molecule has 0 aliphatic heterocycles. The van der Waals surface area contributed by atoms with E-state index in [2.05, 4.69) is 28.8 Å². The maximum absolute atomic E-state index is 12.6. The number of amides is 2. The zero-order chi connectivity index (χ0) is 32.8. The van der Waals surface area contributed by atoms with E-state index in [1.54, 1.807) is 0 Å². The molecule has 0 heterocycles. The Balaban J connectivity index is 1.15. The predicted octanol–water partition coefficient (Wildman–Crippen LogP) is 9.03. The number of carbonyl (C=O) groups is 4. The standard InChI is InChI=1S/C39H56N2O5/c1-31(43)46-30-37-34-22-18-17-21-33(34)35-26-25-32(29-36(35)37)41-39(45)24-16-12-10-8-6-4-2-3-5-7-9-11-15-23-38(44)40-27-19-13-14-20-28-42/h17-18,21-22,25-26,28-29,37H,2-16,19-20,23-24,27,30H2,1H3,(H,40,44)(H,41,45). The van der Waals surface area contributed by atoms with Gasteiger partial charge in [-0.3, -0.25) is 14.4 Å². The van der Waals surface area contributed by atoms with Crippen molar-refractivity contribution >= 4 is 29.8 Å². The van der Waals surface area contributed by atoms with E-state index < -0.39 is 0 Å². The summed E-state index contributed by atoms with van der Waals surface area (Å²) in [7, 11) is 0. The normalized spacial score (nSPS) is 13.1. The van der Waals surface area contributed by atoms with Gasteiger partial charge in [0.05, 0.1) is 0 Å². The molecule has 0 saturated heterocycles. The fourth-order valence-electron chi connectivity index (χ4n) is 6.35. The van der Waals surface area contributed by atoms with Crippen LogP contribution in [0.5, 0.6) is 0 Å². The van der Waals surface area contributed by atoms with Crippen molar-refractivity contribution < 1.29 is 23.9 Å². The van der Waals surface area contributed by atoms with E-state index in [4.69, 9.17) is 4.74 Å². The number of hydrogen-bond acceptors (Lipinski definition) is 5. The molecule has 3 rings (SSSR count). The zero-order valence-corrected chi connectivity index (χ0v) is 28.1. The van der Waals surface area contributed by atoms with E-state index in [1.165, 1.54) is 64.7 Å². The third-order valence-electron chi connectivity index (χ3n) is 8.92. The minimum atomic E-state index is -0.287. The second kappa shape index (κ2) is 22.1. The van der Waals surface area contributed by atoms with Crippen molar-refractivity contribution in [3.63, 3.8) is 0 Å². The molecule has 2 amide bonds. The molecule has 0 radical (unpaired) electrons. The van der Waals surface area contributed by atoms with Crippen molar-refractivity contribution in [2.75, 3.05) is 18.5 Å². The molecular formula is C39H56N2O5. The van der Waals surface area contributed by atoms with Gasteiger partial charge in [0, 0.05) is 44.3 Å². The number of carbonyl (C=O) groups excluding carboxylic acids is 4. The molecule has 1 atom stereocenters. The molecule has 46 heavy (non-hydrogen) atoms. The third-order valence-corrected chi connectivity index (χ3v) is 8.92. The van der Waals surface area contributed by atoms with Crippen LogP contribution in [0.1, 0.15) is 146 Å². The second-order valence-corrected chi connectivity index (χ2v) is 12.8. The number of hydrogen-bond donors (Lipinski definition) is 2. The van der Waals surface area contributed by atoms with E-state index in [9.17, 15) is 19.2 Å². The maximum atomic E-state index is 12.6. The molecule has 0 aromatic heterocycles. The largest absolute Gasteiger partial charge is 0.465 e. The Kier molecular flexibility index (Phi) is 17.8. The fraction of sp³-hybridized carbons (Fsp3) is 0.590. The van der Waals surface area contributed by atoms with Crippen molar-refractivity contribution in [1.29, 1.82) is 0 Å². The minimum absolute atomic E-state index is 0.0226. The molecule has 0 saturated carbocycles. The molecule has 252 valence electrons. The highest BCUT2D eigenvalue weighted by Gasteiger charge is 2.29. The summed E-state index contributed by atoms with van der Waals surface area (Å²) in [5.41, 5.74) is 5.34. The Morgan fingerprint density at radius 2 is 1.24 bits per heavy atom. The van der Waals surface area contributed by atoms with Gasteiger partial charge in [-0.15, -0.1) is 0 Å². The summed E-state index contributed by atoms with van der Waals surface area (Å²) in [5, 5.41) is 6.06. The lowest BCUT2D eigenvalue weighted by Crippen LogP contribution is -2.23. The quantitative estimate of drug-likeness (QED) is 0.0646. The monoisotopic (exact) mass is 632 g/mol. The molecule has 1 aliphatic carbocycles. The van der Waals surface area contributed by atoms with Gasteiger partial charge in [-0.25, -0.2) is 0 Å². The van der Waals surface area contributed by atoms with Crippen LogP contribution in [0.25, 0.3) is 11.1 Å². The average molecular weight is 633 g/mol. The first-order valence-corrected chi connectivity index (χ1v) is 17.9. The number of anilines is 1. The molecule has 1 unspecified atom stereocenters. The molecule has 2 aromatic rings. The number of aldehydes is 1. The summed E-state index contributed by atoms with van der Waals surface area (Å²) < 4.78 is 5.38. The van der Waals surface area contributed by atoms with Crippen molar-refractivity contribution in [2.45, 2.75) is 135 Å².